The van der Waals surface area contributed by atoms with Gasteiger partial charge in [-0.2, -0.15) is 0 Å². The van der Waals surface area contributed by atoms with E-state index in [2.05, 4.69) is 5.32 Å². The maximum absolute atomic E-state index is 12.4. The average Bonchev–Trinajstić information content (AvgIpc) is 2.72. The van der Waals surface area contributed by atoms with Crippen molar-refractivity contribution in [2.45, 2.75) is 6.04 Å². The van der Waals surface area contributed by atoms with Gasteiger partial charge in [-0.15, -0.1) is 0 Å². The highest BCUT2D eigenvalue weighted by molar-refractivity contribution is 5.81. The molecule has 0 aliphatic rings. The van der Waals surface area contributed by atoms with E-state index in [1.807, 2.05) is 60.7 Å². The van der Waals surface area contributed by atoms with Gasteiger partial charge < -0.3 is 10.1 Å². The fourth-order valence-electron chi connectivity index (χ4n) is 2.71. The molecule has 0 bridgehead atoms. The third kappa shape index (κ3) is 4.36. The molecule has 0 fully saturated rings. The number of amides is 1. The molecule has 130 valence electrons. The van der Waals surface area contributed by atoms with Crippen LogP contribution in [0.5, 0.6) is 5.75 Å². The maximum atomic E-state index is 12.4. The number of nitrogens with one attached hydrogen (secondary N) is 1. The van der Waals surface area contributed by atoms with Gasteiger partial charge in [0.25, 0.3) is 5.91 Å². The number of aldehydes is 1. The lowest BCUT2D eigenvalue weighted by Gasteiger charge is -2.20. The average molecular weight is 345 g/mol. The van der Waals surface area contributed by atoms with E-state index in [0.717, 1.165) is 11.1 Å². The molecule has 3 aromatic rings. The van der Waals surface area contributed by atoms with E-state index in [1.165, 1.54) is 0 Å². The Morgan fingerprint density at radius 1 is 0.846 bits per heavy atom. The van der Waals surface area contributed by atoms with Crippen LogP contribution in [0.2, 0.25) is 0 Å². The number of rotatable bonds is 7. The summed E-state index contributed by atoms with van der Waals surface area (Å²) < 4.78 is 5.52. The van der Waals surface area contributed by atoms with Crippen molar-refractivity contribution in [3.63, 3.8) is 0 Å². The molecule has 0 spiro atoms. The fraction of sp³-hybridized carbons (Fsp3) is 0.0909. The quantitative estimate of drug-likeness (QED) is 0.663. The summed E-state index contributed by atoms with van der Waals surface area (Å²) in [6.45, 7) is -0.166. The Labute approximate surface area is 152 Å². The van der Waals surface area contributed by atoms with Crippen LogP contribution < -0.4 is 10.1 Å². The van der Waals surface area contributed by atoms with Gasteiger partial charge in [0.05, 0.1) is 11.6 Å². The molecule has 0 unspecified atom stereocenters. The Kier molecular flexibility index (Phi) is 5.78. The summed E-state index contributed by atoms with van der Waals surface area (Å²) in [4.78, 5) is 23.5. The molecule has 0 atom stereocenters. The molecule has 0 aromatic heterocycles. The van der Waals surface area contributed by atoms with E-state index in [0.29, 0.717) is 17.6 Å². The molecule has 0 saturated heterocycles. The van der Waals surface area contributed by atoms with E-state index in [1.54, 1.807) is 24.3 Å². The monoisotopic (exact) mass is 345 g/mol. The number of benzene rings is 3. The maximum Gasteiger partial charge on any atom is 0.258 e. The lowest BCUT2D eigenvalue weighted by atomic mass is 9.99. The number of para-hydroxylation sites is 1. The van der Waals surface area contributed by atoms with Gasteiger partial charge in [0.1, 0.15) is 5.75 Å². The Hall–Kier alpha value is -3.40. The Morgan fingerprint density at radius 3 is 1.96 bits per heavy atom. The van der Waals surface area contributed by atoms with Gasteiger partial charge in [-0.3, -0.25) is 9.59 Å². The van der Waals surface area contributed by atoms with Crippen LogP contribution in [0.3, 0.4) is 0 Å². The first-order valence-corrected chi connectivity index (χ1v) is 8.34. The molecule has 4 heteroatoms. The van der Waals surface area contributed by atoms with Gasteiger partial charge in [-0.1, -0.05) is 72.8 Å². The minimum atomic E-state index is -0.269. The topological polar surface area (TPSA) is 55.4 Å². The first-order valence-electron chi connectivity index (χ1n) is 8.34. The highest BCUT2D eigenvalue weighted by atomic mass is 16.5. The van der Waals surface area contributed by atoms with E-state index >= 15 is 0 Å². The van der Waals surface area contributed by atoms with Crippen molar-refractivity contribution in [3.05, 3.63) is 102 Å². The minimum Gasteiger partial charge on any atom is -0.483 e. The summed E-state index contributed by atoms with van der Waals surface area (Å²) >= 11 is 0. The molecule has 1 N–H and O–H groups in total. The largest absolute Gasteiger partial charge is 0.483 e. The summed E-state index contributed by atoms with van der Waals surface area (Å²) in [5.41, 5.74) is 2.39. The van der Waals surface area contributed by atoms with Crippen LogP contribution in [-0.4, -0.2) is 18.8 Å². The van der Waals surface area contributed by atoms with Gasteiger partial charge in [-0.05, 0) is 23.3 Å². The molecular formula is C22H19NO3. The molecule has 0 heterocycles. The van der Waals surface area contributed by atoms with Crippen LogP contribution in [-0.2, 0) is 4.79 Å². The van der Waals surface area contributed by atoms with E-state index in [4.69, 9.17) is 4.74 Å². The van der Waals surface area contributed by atoms with Gasteiger partial charge in [0.15, 0.2) is 12.9 Å². The number of ether oxygens (including phenoxy) is 1. The predicted molar refractivity (Wildman–Crippen MR) is 100 cm³/mol. The second-order valence-electron chi connectivity index (χ2n) is 5.77. The number of carbonyl (C=O) groups is 2. The first-order chi connectivity index (χ1) is 12.8. The Morgan fingerprint density at radius 2 is 1.38 bits per heavy atom. The standard InChI is InChI=1S/C22H19NO3/c24-15-19-13-7-8-14-20(19)26-16-21(25)23-22(17-9-3-1-4-10-17)18-11-5-2-6-12-18/h1-15,22H,16H2,(H,23,25). The molecule has 3 aromatic carbocycles. The van der Waals surface area contributed by atoms with Crippen LogP contribution in [0.1, 0.15) is 27.5 Å². The zero-order valence-electron chi connectivity index (χ0n) is 14.2. The zero-order chi connectivity index (χ0) is 18.2. The molecule has 4 nitrogen and oxygen atoms in total. The second kappa shape index (κ2) is 8.62. The highest BCUT2D eigenvalue weighted by Crippen LogP contribution is 2.22. The van der Waals surface area contributed by atoms with Crippen LogP contribution in [0.25, 0.3) is 0 Å². The lowest BCUT2D eigenvalue weighted by Crippen LogP contribution is -2.33. The normalized spacial score (nSPS) is 10.3. The second-order valence-corrected chi connectivity index (χ2v) is 5.77. The lowest BCUT2D eigenvalue weighted by molar-refractivity contribution is -0.123. The third-order valence-corrected chi connectivity index (χ3v) is 3.98. The molecular weight excluding hydrogens is 326 g/mol. The third-order valence-electron chi connectivity index (χ3n) is 3.98. The summed E-state index contributed by atoms with van der Waals surface area (Å²) in [6, 6.07) is 26.1. The summed E-state index contributed by atoms with van der Waals surface area (Å²) in [7, 11) is 0. The van der Waals surface area contributed by atoms with Gasteiger partial charge >= 0.3 is 0 Å². The first kappa shape index (κ1) is 17.4. The van der Waals surface area contributed by atoms with Crippen molar-refractivity contribution in [2.75, 3.05) is 6.61 Å². The van der Waals surface area contributed by atoms with E-state index < -0.39 is 0 Å². The van der Waals surface area contributed by atoms with E-state index in [9.17, 15) is 9.59 Å². The molecule has 0 aliphatic carbocycles. The SMILES string of the molecule is O=Cc1ccccc1OCC(=O)NC(c1ccccc1)c1ccccc1. The zero-order valence-corrected chi connectivity index (χ0v) is 14.2. The molecule has 26 heavy (non-hydrogen) atoms. The molecule has 0 aliphatic heterocycles. The van der Waals surface area contributed by atoms with Crippen molar-refractivity contribution in [2.24, 2.45) is 0 Å². The Bertz CT molecular complexity index is 823. The molecule has 0 radical (unpaired) electrons. The van der Waals surface area contributed by atoms with Crippen molar-refractivity contribution in [1.82, 2.24) is 5.32 Å². The van der Waals surface area contributed by atoms with Crippen LogP contribution in [0.15, 0.2) is 84.9 Å². The minimum absolute atomic E-state index is 0.166. The van der Waals surface area contributed by atoms with Crippen molar-refractivity contribution in [3.8, 4) is 5.75 Å². The van der Waals surface area contributed by atoms with Crippen LogP contribution in [0, 0.1) is 0 Å². The summed E-state index contributed by atoms with van der Waals surface area (Å²) in [6.07, 6.45) is 0.712. The number of hydrogen-bond acceptors (Lipinski definition) is 3. The van der Waals surface area contributed by atoms with Crippen molar-refractivity contribution in [1.29, 1.82) is 0 Å². The van der Waals surface area contributed by atoms with Crippen molar-refractivity contribution >= 4 is 12.2 Å². The Balaban J connectivity index is 1.73. The molecule has 0 saturated carbocycles. The summed E-state index contributed by atoms with van der Waals surface area (Å²) in [5, 5.41) is 3.01. The number of carbonyl (C=O) groups excluding carboxylic acids is 2. The van der Waals surface area contributed by atoms with Gasteiger partial charge in [0, 0.05) is 0 Å². The molecule has 1 amide bonds. The van der Waals surface area contributed by atoms with Gasteiger partial charge in [0.2, 0.25) is 0 Å². The fourth-order valence-corrected chi connectivity index (χ4v) is 2.71. The highest BCUT2D eigenvalue weighted by Gasteiger charge is 2.17. The van der Waals surface area contributed by atoms with Crippen LogP contribution >= 0.6 is 0 Å². The smallest absolute Gasteiger partial charge is 0.258 e. The molecule has 3 rings (SSSR count). The van der Waals surface area contributed by atoms with Gasteiger partial charge in [-0.25, -0.2) is 0 Å². The van der Waals surface area contributed by atoms with E-state index in [-0.39, 0.29) is 18.6 Å². The predicted octanol–water partition coefficient (Wildman–Crippen LogP) is 3.78. The van der Waals surface area contributed by atoms with Crippen LogP contribution in [0.4, 0.5) is 0 Å². The summed E-state index contributed by atoms with van der Waals surface area (Å²) in [5.74, 6) is 0.136. The van der Waals surface area contributed by atoms with Crippen molar-refractivity contribution < 1.29 is 14.3 Å². The number of hydrogen-bond donors (Lipinski definition) is 1.